The lowest BCUT2D eigenvalue weighted by Crippen LogP contribution is -2.04. The highest BCUT2D eigenvalue weighted by atomic mass is 79.9. The van der Waals surface area contributed by atoms with E-state index >= 15 is 0 Å². The molecule has 1 fully saturated rings. The smallest absolute Gasteiger partial charge is 0.150 e. The largest absolute Gasteiger partial charge is 0.400 e. The zero-order valence-corrected chi connectivity index (χ0v) is 14.2. The summed E-state index contributed by atoms with van der Waals surface area (Å²) in [7, 11) is 3.06. The molecule has 1 aromatic heterocycles. The number of hydrogen-bond acceptors (Lipinski definition) is 2. The summed E-state index contributed by atoms with van der Waals surface area (Å²) < 4.78 is 3.34. The summed E-state index contributed by atoms with van der Waals surface area (Å²) in [6, 6.07) is 6.02. The third-order valence-electron chi connectivity index (χ3n) is 4.34. The minimum Gasteiger partial charge on any atom is -0.400 e. The maximum absolute atomic E-state index is 10.9. The van der Waals surface area contributed by atoms with Crippen LogP contribution in [0, 0.1) is 0 Å². The topological polar surface area (TPSA) is 42.2 Å². The third-order valence-corrected chi connectivity index (χ3v) is 5.30. The summed E-state index contributed by atoms with van der Waals surface area (Å²) in [4.78, 5) is 10.9. The number of hydrogen-bond donors (Lipinski definition) is 1. The molecule has 0 aliphatic heterocycles. The van der Waals surface area contributed by atoms with Gasteiger partial charge in [0.1, 0.15) is 6.29 Å². The monoisotopic (exact) mass is 351 g/mol. The summed E-state index contributed by atoms with van der Waals surface area (Å²) in [6.07, 6.45) is 7.52. The Hall–Kier alpha value is -1.13. The molecule has 2 aromatic rings. The lowest BCUT2D eigenvalue weighted by atomic mass is 9.84. The molecule has 1 heterocycles. The molecule has 1 N–H and O–H groups in total. The lowest BCUT2D eigenvalue weighted by molar-refractivity contribution is 0.112. The van der Waals surface area contributed by atoms with Gasteiger partial charge >= 0.3 is 0 Å². The van der Waals surface area contributed by atoms with Crippen molar-refractivity contribution in [3.8, 4) is 0 Å². The van der Waals surface area contributed by atoms with Crippen molar-refractivity contribution in [2.45, 2.75) is 38.0 Å². The Labute approximate surface area is 134 Å². The van der Waals surface area contributed by atoms with Crippen molar-refractivity contribution in [1.82, 2.24) is 4.57 Å². The second-order valence-corrected chi connectivity index (χ2v) is 6.24. The Morgan fingerprint density at radius 2 is 1.90 bits per heavy atom. The van der Waals surface area contributed by atoms with Gasteiger partial charge in [-0.05, 0) is 46.3 Å². The van der Waals surface area contributed by atoms with Gasteiger partial charge in [-0.3, -0.25) is 4.79 Å². The second-order valence-electron chi connectivity index (χ2n) is 5.49. The van der Waals surface area contributed by atoms with Gasteiger partial charge in [0.25, 0.3) is 0 Å². The second kappa shape index (κ2) is 7.23. The van der Waals surface area contributed by atoms with Crippen molar-refractivity contribution in [3.05, 3.63) is 33.9 Å². The van der Waals surface area contributed by atoms with E-state index in [4.69, 9.17) is 5.11 Å². The van der Waals surface area contributed by atoms with Gasteiger partial charge in [-0.2, -0.15) is 0 Å². The summed E-state index contributed by atoms with van der Waals surface area (Å²) in [5, 5.41) is 8.30. The van der Waals surface area contributed by atoms with Crippen molar-refractivity contribution < 1.29 is 9.90 Å². The molecule has 1 saturated carbocycles. The highest BCUT2D eigenvalue weighted by Crippen LogP contribution is 2.41. The molecule has 0 spiro atoms. The van der Waals surface area contributed by atoms with Gasteiger partial charge in [0.05, 0.1) is 4.60 Å². The molecule has 3 rings (SSSR count). The number of rotatable bonds is 2. The van der Waals surface area contributed by atoms with Gasteiger partial charge in [-0.25, -0.2) is 0 Å². The van der Waals surface area contributed by atoms with Crippen LogP contribution in [0.1, 0.15) is 53.9 Å². The summed E-state index contributed by atoms with van der Waals surface area (Å²) in [6.45, 7) is 0. The highest BCUT2D eigenvalue weighted by molar-refractivity contribution is 9.10. The van der Waals surface area contributed by atoms with E-state index in [0.717, 1.165) is 24.5 Å². The van der Waals surface area contributed by atoms with E-state index in [-0.39, 0.29) is 0 Å². The van der Waals surface area contributed by atoms with Crippen molar-refractivity contribution >= 4 is 33.1 Å². The van der Waals surface area contributed by atoms with Crippen LogP contribution in [0.2, 0.25) is 0 Å². The van der Waals surface area contributed by atoms with Gasteiger partial charge in [0.15, 0.2) is 0 Å². The molecule has 0 saturated heterocycles. The molecule has 1 aromatic carbocycles. The third kappa shape index (κ3) is 3.06. The molecule has 0 amide bonds. The van der Waals surface area contributed by atoms with Gasteiger partial charge in [-0.15, -0.1) is 0 Å². The summed E-state index contributed by atoms with van der Waals surface area (Å²) in [5.41, 5.74) is 3.34. The van der Waals surface area contributed by atoms with E-state index in [0.29, 0.717) is 5.92 Å². The number of fused-ring (bicyclic) bond motifs is 1. The zero-order valence-electron chi connectivity index (χ0n) is 12.6. The SMILES string of the molecule is CO.Cn1c(Br)c(C2CCCCC2)c2ccc(C=O)cc21. The quantitative estimate of drug-likeness (QED) is 0.814. The van der Waals surface area contributed by atoms with Gasteiger partial charge in [0, 0.05) is 30.6 Å². The molecular formula is C17H22BrNO2. The number of benzene rings is 1. The number of carbonyl (C=O) groups is 1. The minimum absolute atomic E-state index is 0.661. The van der Waals surface area contributed by atoms with Crippen LogP contribution in [-0.4, -0.2) is 23.1 Å². The van der Waals surface area contributed by atoms with Crippen molar-refractivity contribution in [2.24, 2.45) is 7.05 Å². The van der Waals surface area contributed by atoms with E-state index in [1.807, 2.05) is 12.1 Å². The van der Waals surface area contributed by atoms with Crippen LogP contribution in [0.25, 0.3) is 10.9 Å². The number of aldehydes is 1. The van der Waals surface area contributed by atoms with Crippen LogP contribution in [0.4, 0.5) is 0 Å². The first kappa shape index (κ1) is 16.2. The summed E-state index contributed by atoms with van der Waals surface area (Å²) >= 11 is 3.75. The fraction of sp³-hybridized carbons (Fsp3) is 0.471. The molecule has 21 heavy (non-hydrogen) atoms. The molecule has 114 valence electrons. The zero-order chi connectivity index (χ0) is 15.4. The first-order chi connectivity index (χ1) is 10.2. The van der Waals surface area contributed by atoms with E-state index in [1.54, 1.807) is 0 Å². The first-order valence-electron chi connectivity index (χ1n) is 7.40. The average Bonchev–Trinajstić information content (AvgIpc) is 2.81. The molecule has 0 bridgehead atoms. The van der Waals surface area contributed by atoms with E-state index in [1.165, 1.54) is 47.7 Å². The Morgan fingerprint density at radius 3 is 2.52 bits per heavy atom. The van der Waals surface area contributed by atoms with E-state index < -0.39 is 0 Å². The molecule has 0 radical (unpaired) electrons. The Balaban J connectivity index is 0.000000774. The normalized spacial score (nSPS) is 15.6. The molecule has 1 aliphatic carbocycles. The predicted molar refractivity (Wildman–Crippen MR) is 90.0 cm³/mol. The Kier molecular flexibility index (Phi) is 5.59. The molecule has 1 aliphatic rings. The number of nitrogens with zero attached hydrogens (tertiary/aromatic N) is 1. The fourth-order valence-corrected chi connectivity index (χ4v) is 4.03. The number of halogens is 1. The highest BCUT2D eigenvalue weighted by Gasteiger charge is 2.23. The van der Waals surface area contributed by atoms with Crippen LogP contribution in [0.15, 0.2) is 22.8 Å². The van der Waals surface area contributed by atoms with Crippen LogP contribution in [0.5, 0.6) is 0 Å². The number of aryl methyl sites for hydroxylation is 1. The molecule has 0 unspecified atom stereocenters. The molecule has 4 heteroatoms. The van der Waals surface area contributed by atoms with Crippen molar-refractivity contribution in [2.75, 3.05) is 7.11 Å². The van der Waals surface area contributed by atoms with Crippen molar-refractivity contribution in [1.29, 1.82) is 0 Å². The van der Waals surface area contributed by atoms with Gasteiger partial charge < -0.3 is 9.67 Å². The molecule has 0 atom stereocenters. The average molecular weight is 352 g/mol. The Bertz CT molecular complexity index is 627. The Morgan fingerprint density at radius 1 is 1.24 bits per heavy atom. The number of carbonyl (C=O) groups excluding carboxylic acids is 1. The lowest BCUT2D eigenvalue weighted by Gasteiger charge is -2.22. The minimum atomic E-state index is 0.661. The maximum Gasteiger partial charge on any atom is 0.150 e. The summed E-state index contributed by atoms with van der Waals surface area (Å²) in [5.74, 6) is 0.661. The van der Waals surface area contributed by atoms with Crippen LogP contribution in [-0.2, 0) is 7.05 Å². The standard InChI is InChI=1S/C16H18BrNO.CH4O/c1-18-14-9-11(10-19)7-8-13(14)15(16(18)17)12-5-3-2-4-6-12;1-2/h7-10,12H,2-6H2,1H3;2H,1H3. The van der Waals surface area contributed by atoms with E-state index in [9.17, 15) is 4.79 Å². The maximum atomic E-state index is 10.9. The van der Waals surface area contributed by atoms with Crippen LogP contribution in [0.3, 0.4) is 0 Å². The first-order valence-corrected chi connectivity index (χ1v) is 8.19. The van der Waals surface area contributed by atoms with Crippen LogP contribution < -0.4 is 0 Å². The van der Waals surface area contributed by atoms with Gasteiger partial charge in [-0.1, -0.05) is 31.4 Å². The number of aliphatic hydroxyl groups excluding tert-OH is 1. The van der Waals surface area contributed by atoms with Crippen LogP contribution >= 0.6 is 15.9 Å². The van der Waals surface area contributed by atoms with Crippen molar-refractivity contribution in [3.63, 3.8) is 0 Å². The molecular weight excluding hydrogens is 330 g/mol. The fourth-order valence-electron chi connectivity index (χ4n) is 3.30. The number of aromatic nitrogens is 1. The van der Waals surface area contributed by atoms with E-state index in [2.05, 4.69) is 33.6 Å². The predicted octanol–water partition coefficient (Wildman–Crippen LogP) is 4.41. The number of aliphatic hydroxyl groups is 1. The molecule has 3 nitrogen and oxygen atoms in total. The van der Waals surface area contributed by atoms with Gasteiger partial charge in [0.2, 0.25) is 0 Å².